The van der Waals surface area contributed by atoms with Crippen molar-refractivity contribution in [2.24, 2.45) is 0 Å². The Morgan fingerprint density at radius 2 is 1.62 bits per heavy atom. The number of nitrogens with one attached hydrogen (secondary N) is 2. The van der Waals surface area contributed by atoms with E-state index < -0.39 is 23.9 Å². The van der Waals surface area contributed by atoms with Gasteiger partial charge in [-0.05, 0) is 48.6 Å². The Labute approximate surface area is 165 Å². The molecule has 0 fully saturated rings. The first kappa shape index (κ1) is 22.2. The molecule has 29 heavy (non-hydrogen) atoms. The van der Waals surface area contributed by atoms with Crippen LogP contribution in [0.15, 0.2) is 54.6 Å². The summed E-state index contributed by atoms with van der Waals surface area (Å²) in [6.45, 7) is 0.228. The maximum atomic E-state index is 12.1. The number of hydrogen-bond donors (Lipinski definition) is 3. The summed E-state index contributed by atoms with van der Waals surface area (Å²) in [4.78, 5) is 23.9. The number of amides is 2. The number of benzene rings is 2. The van der Waals surface area contributed by atoms with Crippen molar-refractivity contribution in [2.45, 2.75) is 25.1 Å². The molecule has 0 aliphatic carbocycles. The van der Waals surface area contributed by atoms with Crippen LogP contribution in [-0.2, 0) is 9.59 Å². The predicted octanol–water partition coefficient (Wildman–Crippen LogP) is 3.20. The van der Waals surface area contributed by atoms with E-state index in [0.29, 0.717) is 12.8 Å². The fourth-order valence-corrected chi connectivity index (χ4v) is 2.73. The van der Waals surface area contributed by atoms with Crippen molar-refractivity contribution in [3.05, 3.63) is 60.2 Å². The molecule has 0 bridgehead atoms. The molecule has 156 valence electrons. The van der Waals surface area contributed by atoms with Crippen LogP contribution in [0.1, 0.15) is 24.3 Å². The second kappa shape index (κ2) is 10.5. The van der Waals surface area contributed by atoms with E-state index in [1.807, 2.05) is 30.3 Å². The van der Waals surface area contributed by atoms with Gasteiger partial charge in [0.25, 0.3) is 0 Å². The van der Waals surface area contributed by atoms with Gasteiger partial charge in [0.15, 0.2) is 0 Å². The van der Waals surface area contributed by atoms with Crippen LogP contribution < -0.4 is 15.4 Å². The van der Waals surface area contributed by atoms with Gasteiger partial charge in [0.05, 0.1) is 0 Å². The number of anilines is 1. The number of hydrogen-bond acceptors (Lipinski definition) is 4. The minimum Gasteiger partial charge on any atom is -0.406 e. The minimum absolute atomic E-state index is 0.00203. The van der Waals surface area contributed by atoms with E-state index in [9.17, 15) is 27.9 Å². The number of alkyl halides is 3. The van der Waals surface area contributed by atoms with Gasteiger partial charge in [0.1, 0.15) is 5.75 Å². The second-order valence-corrected chi connectivity index (χ2v) is 6.19. The Kier molecular flexibility index (Phi) is 8.02. The van der Waals surface area contributed by atoms with E-state index in [2.05, 4.69) is 15.4 Å². The first-order valence-electron chi connectivity index (χ1n) is 8.89. The van der Waals surface area contributed by atoms with Crippen LogP contribution in [0, 0.1) is 0 Å². The third-order valence-corrected chi connectivity index (χ3v) is 4.08. The quantitative estimate of drug-likeness (QED) is 0.584. The molecule has 0 aromatic heterocycles. The lowest BCUT2D eigenvalue weighted by Gasteiger charge is -2.16. The number of halogens is 3. The van der Waals surface area contributed by atoms with Crippen LogP contribution in [0.2, 0.25) is 0 Å². The van der Waals surface area contributed by atoms with Gasteiger partial charge in [0.2, 0.25) is 0 Å². The van der Waals surface area contributed by atoms with Crippen molar-refractivity contribution in [1.29, 1.82) is 0 Å². The summed E-state index contributed by atoms with van der Waals surface area (Å²) in [5, 5.41) is 14.0. The maximum absolute atomic E-state index is 12.1. The Bertz CT molecular complexity index is 796. The molecule has 0 radical (unpaired) electrons. The molecule has 9 heteroatoms. The molecule has 2 rings (SSSR count). The molecule has 3 N–H and O–H groups in total. The normalized spacial score (nSPS) is 12.1. The molecule has 1 unspecified atom stereocenters. The van der Waals surface area contributed by atoms with Crippen LogP contribution >= 0.6 is 0 Å². The molecular weight excluding hydrogens is 389 g/mol. The number of carbonyl (C=O) groups is 2. The third-order valence-electron chi connectivity index (χ3n) is 4.08. The number of ether oxygens (including phenoxy) is 1. The minimum atomic E-state index is -4.81. The SMILES string of the molecule is O=C(NCCC(CCO)c1ccccc1)C(=O)Nc1ccc(OC(F)(F)F)cc1. The highest BCUT2D eigenvalue weighted by Gasteiger charge is 2.31. The van der Waals surface area contributed by atoms with Gasteiger partial charge in [-0.15, -0.1) is 13.2 Å². The van der Waals surface area contributed by atoms with Crippen molar-refractivity contribution in [3.63, 3.8) is 0 Å². The van der Waals surface area contributed by atoms with Crippen molar-refractivity contribution >= 4 is 17.5 Å². The number of rotatable bonds is 8. The zero-order chi connectivity index (χ0) is 21.3. The number of aliphatic hydroxyl groups is 1. The summed E-state index contributed by atoms with van der Waals surface area (Å²) in [5.41, 5.74) is 1.18. The van der Waals surface area contributed by atoms with Gasteiger partial charge in [-0.2, -0.15) is 0 Å². The Morgan fingerprint density at radius 3 is 2.21 bits per heavy atom. The molecule has 0 aliphatic rings. The van der Waals surface area contributed by atoms with Crippen LogP contribution in [0.5, 0.6) is 5.75 Å². The molecule has 0 spiro atoms. The summed E-state index contributed by atoms with van der Waals surface area (Å²) in [7, 11) is 0. The highest BCUT2D eigenvalue weighted by molar-refractivity contribution is 6.39. The number of aliphatic hydroxyl groups excluding tert-OH is 1. The standard InChI is InChI=1S/C20H21F3N2O4/c21-20(22,23)29-17-8-6-16(7-9-17)25-19(28)18(27)24-12-10-15(11-13-26)14-4-2-1-3-5-14/h1-9,15,26H,10-13H2,(H,24,27)(H,25,28). The summed E-state index contributed by atoms with van der Waals surface area (Å²) in [5.74, 6) is -2.20. The topological polar surface area (TPSA) is 87.7 Å². The lowest BCUT2D eigenvalue weighted by Crippen LogP contribution is -2.36. The first-order valence-corrected chi connectivity index (χ1v) is 8.89. The largest absolute Gasteiger partial charge is 0.573 e. The van der Waals surface area contributed by atoms with Gasteiger partial charge in [-0.3, -0.25) is 9.59 Å². The van der Waals surface area contributed by atoms with Crippen LogP contribution in [-0.4, -0.2) is 36.4 Å². The summed E-state index contributed by atoms with van der Waals surface area (Å²) in [6, 6.07) is 14.0. The molecule has 0 aliphatic heterocycles. The molecule has 2 aromatic rings. The van der Waals surface area contributed by atoms with Crippen LogP contribution in [0.25, 0.3) is 0 Å². The maximum Gasteiger partial charge on any atom is 0.573 e. The van der Waals surface area contributed by atoms with Crippen molar-refractivity contribution in [3.8, 4) is 5.75 Å². The highest BCUT2D eigenvalue weighted by Crippen LogP contribution is 2.24. The summed E-state index contributed by atoms with van der Waals surface area (Å²) >= 11 is 0. The Balaban J connectivity index is 1.82. The Morgan fingerprint density at radius 1 is 0.966 bits per heavy atom. The van der Waals surface area contributed by atoms with Gasteiger partial charge in [0, 0.05) is 18.8 Å². The van der Waals surface area contributed by atoms with Gasteiger partial charge < -0.3 is 20.5 Å². The van der Waals surface area contributed by atoms with Crippen molar-refractivity contribution in [1.82, 2.24) is 5.32 Å². The van der Waals surface area contributed by atoms with E-state index in [1.54, 1.807) is 0 Å². The van der Waals surface area contributed by atoms with E-state index in [0.717, 1.165) is 17.7 Å². The average molecular weight is 410 g/mol. The summed E-state index contributed by atoms with van der Waals surface area (Å²) in [6.07, 6.45) is -3.75. The molecule has 2 amide bonds. The molecule has 0 heterocycles. The molecular formula is C20H21F3N2O4. The monoisotopic (exact) mass is 410 g/mol. The van der Waals surface area contributed by atoms with E-state index in [1.165, 1.54) is 12.1 Å². The van der Waals surface area contributed by atoms with Crippen LogP contribution in [0.3, 0.4) is 0 Å². The van der Waals surface area contributed by atoms with Crippen LogP contribution in [0.4, 0.5) is 18.9 Å². The zero-order valence-electron chi connectivity index (χ0n) is 15.4. The molecule has 0 saturated heterocycles. The van der Waals surface area contributed by atoms with Gasteiger partial charge in [-0.1, -0.05) is 30.3 Å². The fraction of sp³-hybridized carbons (Fsp3) is 0.300. The summed E-state index contributed by atoms with van der Waals surface area (Å²) < 4.78 is 40.1. The Hall–Kier alpha value is -3.07. The van der Waals surface area contributed by atoms with Gasteiger partial charge in [-0.25, -0.2) is 0 Å². The van der Waals surface area contributed by atoms with E-state index in [-0.39, 0.29) is 24.8 Å². The molecule has 6 nitrogen and oxygen atoms in total. The fourth-order valence-electron chi connectivity index (χ4n) is 2.73. The molecule has 1 atom stereocenters. The van der Waals surface area contributed by atoms with Crippen molar-refractivity contribution < 1.29 is 32.6 Å². The number of carbonyl (C=O) groups excluding carboxylic acids is 2. The second-order valence-electron chi connectivity index (χ2n) is 6.19. The molecule has 2 aromatic carbocycles. The average Bonchev–Trinajstić information content (AvgIpc) is 2.68. The van der Waals surface area contributed by atoms with Gasteiger partial charge >= 0.3 is 18.2 Å². The zero-order valence-corrected chi connectivity index (χ0v) is 15.4. The smallest absolute Gasteiger partial charge is 0.406 e. The lowest BCUT2D eigenvalue weighted by molar-refractivity contribution is -0.274. The highest BCUT2D eigenvalue weighted by atomic mass is 19.4. The predicted molar refractivity (Wildman–Crippen MR) is 100 cm³/mol. The third kappa shape index (κ3) is 7.82. The van der Waals surface area contributed by atoms with E-state index >= 15 is 0 Å². The lowest BCUT2D eigenvalue weighted by atomic mass is 9.93. The van der Waals surface area contributed by atoms with Crippen molar-refractivity contribution in [2.75, 3.05) is 18.5 Å². The molecule has 0 saturated carbocycles. The van der Waals surface area contributed by atoms with E-state index in [4.69, 9.17) is 0 Å². The first-order chi connectivity index (χ1) is 13.8.